The molecule has 3 rings (SSSR count). The van der Waals surface area contributed by atoms with Crippen LogP contribution >= 0.6 is 0 Å². The Balaban J connectivity index is 0.00000137. The van der Waals surface area contributed by atoms with Gasteiger partial charge in [-0.2, -0.15) is 9.59 Å². The van der Waals surface area contributed by atoms with Crippen LogP contribution in [0.25, 0.3) is 0 Å². The number of ether oxygens (including phenoxy) is 1. The molecule has 0 fully saturated rings. The van der Waals surface area contributed by atoms with Crippen molar-refractivity contribution >= 4 is 16.0 Å². The predicted molar refractivity (Wildman–Crippen MR) is 136 cm³/mol. The van der Waals surface area contributed by atoms with Gasteiger partial charge in [-0.25, -0.2) is 8.42 Å². The van der Waals surface area contributed by atoms with E-state index in [2.05, 4.69) is 50.5 Å². The van der Waals surface area contributed by atoms with Gasteiger partial charge in [-0.1, -0.05) is 70.9 Å². The number of methoxy groups -OCH3 is 1. The standard InChI is InChI=1S/C26H38N2O3S.CO2/c1-6-8-14-26(7-2)18-32(29,30)24-15-21(17-27-19(3)4)23(31-5)16-22(24)25(28-26)20-12-10-9-11-13-20;2-1-3/h9-13,15-16,19,25,27-28H,6-8,14,17-18H2,1-5H3;/t25-,26-;/m1./s1. The third-order valence-electron chi connectivity index (χ3n) is 6.50. The quantitative estimate of drug-likeness (QED) is 0.523. The number of carbonyl (C=O) groups excluding carboxylic acids is 2. The van der Waals surface area contributed by atoms with Crippen molar-refractivity contribution in [3.8, 4) is 5.75 Å². The van der Waals surface area contributed by atoms with Crippen molar-refractivity contribution in [2.24, 2.45) is 0 Å². The monoisotopic (exact) mass is 502 g/mol. The molecule has 0 amide bonds. The van der Waals surface area contributed by atoms with E-state index in [9.17, 15) is 8.42 Å². The molecule has 0 bridgehead atoms. The summed E-state index contributed by atoms with van der Waals surface area (Å²) in [5, 5.41) is 7.21. The van der Waals surface area contributed by atoms with E-state index < -0.39 is 15.4 Å². The molecule has 0 unspecified atom stereocenters. The summed E-state index contributed by atoms with van der Waals surface area (Å²) in [5.74, 6) is 0.823. The first-order valence-electron chi connectivity index (χ1n) is 12.2. The summed E-state index contributed by atoms with van der Waals surface area (Å²) in [5.41, 5.74) is 2.23. The van der Waals surface area contributed by atoms with Crippen molar-refractivity contribution in [1.82, 2.24) is 10.6 Å². The molecule has 0 saturated heterocycles. The van der Waals surface area contributed by atoms with E-state index in [1.54, 1.807) is 7.11 Å². The summed E-state index contributed by atoms with van der Waals surface area (Å²) in [4.78, 5) is 16.7. The number of unbranched alkanes of at least 4 members (excludes halogenated alkanes) is 1. The molecule has 1 aliphatic heterocycles. The van der Waals surface area contributed by atoms with Gasteiger partial charge in [0.25, 0.3) is 0 Å². The van der Waals surface area contributed by atoms with E-state index in [-0.39, 0.29) is 24.0 Å². The van der Waals surface area contributed by atoms with Crippen LogP contribution in [0.2, 0.25) is 0 Å². The van der Waals surface area contributed by atoms with Gasteiger partial charge in [-0.3, -0.25) is 5.32 Å². The Kier molecular flexibility index (Phi) is 10.7. The minimum Gasteiger partial charge on any atom is -0.496 e. The van der Waals surface area contributed by atoms with Crippen LogP contribution in [-0.2, 0) is 26.0 Å². The Labute approximate surface area is 209 Å². The van der Waals surface area contributed by atoms with Crippen molar-refractivity contribution in [2.45, 2.75) is 82.4 Å². The molecule has 2 aromatic rings. The molecule has 0 spiro atoms. The third-order valence-corrected chi connectivity index (χ3v) is 8.45. The SMILES string of the molecule is CCCC[C@]1(CC)CS(=O)(=O)c2cc(CNC(C)C)c(OC)cc2[C@@H](c2ccccc2)N1.O=C=O. The molecule has 0 aromatic heterocycles. The number of rotatable bonds is 9. The molecular weight excluding hydrogens is 464 g/mol. The van der Waals surface area contributed by atoms with Gasteiger partial charge in [-0.15, -0.1) is 0 Å². The molecule has 1 aliphatic rings. The van der Waals surface area contributed by atoms with E-state index in [4.69, 9.17) is 14.3 Å². The van der Waals surface area contributed by atoms with Crippen LogP contribution in [0.1, 0.15) is 76.1 Å². The van der Waals surface area contributed by atoms with Gasteiger partial charge in [0.15, 0.2) is 9.84 Å². The van der Waals surface area contributed by atoms with E-state index >= 15 is 0 Å². The molecule has 2 N–H and O–H groups in total. The van der Waals surface area contributed by atoms with E-state index in [0.29, 0.717) is 17.2 Å². The molecule has 8 heteroatoms. The zero-order chi connectivity index (χ0) is 26.1. The fourth-order valence-corrected chi connectivity index (χ4v) is 6.74. The molecule has 0 saturated carbocycles. The lowest BCUT2D eigenvalue weighted by molar-refractivity contribution is -0.191. The van der Waals surface area contributed by atoms with Crippen LogP contribution < -0.4 is 15.4 Å². The van der Waals surface area contributed by atoms with Gasteiger partial charge in [0, 0.05) is 23.7 Å². The summed E-state index contributed by atoms with van der Waals surface area (Å²) in [6.45, 7) is 8.95. The second-order valence-corrected chi connectivity index (χ2v) is 11.3. The van der Waals surface area contributed by atoms with Gasteiger partial charge in [-0.05, 0) is 36.1 Å². The van der Waals surface area contributed by atoms with Crippen LogP contribution in [0.3, 0.4) is 0 Å². The topological polar surface area (TPSA) is 102 Å². The van der Waals surface area contributed by atoms with Gasteiger partial charge in [0.05, 0.1) is 23.8 Å². The van der Waals surface area contributed by atoms with E-state index in [0.717, 1.165) is 42.4 Å². The normalized spacial score (nSPS) is 20.7. The van der Waals surface area contributed by atoms with Gasteiger partial charge in [0.2, 0.25) is 0 Å². The van der Waals surface area contributed by atoms with Crippen LogP contribution in [0, 0.1) is 0 Å². The summed E-state index contributed by atoms with van der Waals surface area (Å²) in [6, 6.07) is 14.0. The lowest BCUT2D eigenvalue weighted by Gasteiger charge is -2.36. The largest absolute Gasteiger partial charge is 0.496 e. The first kappa shape index (κ1) is 28.7. The molecule has 192 valence electrons. The van der Waals surface area contributed by atoms with E-state index in [1.807, 2.05) is 30.3 Å². The lowest BCUT2D eigenvalue weighted by Crippen LogP contribution is -2.50. The highest BCUT2D eigenvalue weighted by atomic mass is 32.2. The molecule has 2 atom stereocenters. The molecule has 0 aliphatic carbocycles. The molecular formula is C27H38N2O5S. The molecule has 7 nitrogen and oxygen atoms in total. The second kappa shape index (κ2) is 13.0. The van der Waals surface area contributed by atoms with Crippen LogP contribution in [0.15, 0.2) is 47.4 Å². The smallest absolute Gasteiger partial charge is 0.373 e. The molecule has 1 heterocycles. The Morgan fingerprint density at radius 2 is 1.83 bits per heavy atom. The first-order chi connectivity index (χ1) is 16.7. The van der Waals surface area contributed by atoms with Crippen molar-refractivity contribution in [3.05, 3.63) is 59.2 Å². The van der Waals surface area contributed by atoms with Crippen molar-refractivity contribution in [3.63, 3.8) is 0 Å². The highest BCUT2D eigenvalue weighted by molar-refractivity contribution is 7.91. The molecule has 0 radical (unpaired) electrons. The Morgan fingerprint density at radius 1 is 1.17 bits per heavy atom. The second-order valence-electron chi connectivity index (χ2n) is 9.31. The lowest BCUT2D eigenvalue weighted by atomic mass is 9.88. The Bertz CT molecular complexity index is 1100. The Hall–Kier alpha value is -2.51. The summed E-state index contributed by atoms with van der Waals surface area (Å²) >= 11 is 0. The summed E-state index contributed by atoms with van der Waals surface area (Å²) < 4.78 is 33.3. The van der Waals surface area contributed by atoms with Gasteiger partial charge < -0.3 is 10.1 Å². The fourth-order valence-electron chi connectivity index (χ4n) is 4.57. The van der Waals surface area contributed by atoms with Crippen LogP contribution in [0.5, 0.6) is 5.75 Å². The zero-order valence-electron chi connectivity index (χ0n) is 21.4. The number of hydrogen-bond donors (Lipinski definition) is 2. The Morgan fingerprint density at radius 3 is 2.37 bits per heavy atom. The first-order valence-corrected chi connectivity index (χ1v) is 13.8. The van der Waals surface area contributed by atoms with Crippen molar-refractivity contribution in [2.75, 3.05) is 12.9 Å². The van der Waals surface area contributed by atoms with Gasteiger partial charge in [0.1, 0.15) is 5.75 Å². The number of fused-ring (bicyclic) bond motifs is 1. The van der Waals surface area contributed by atoms with Crippen LogP contribution in [0.4, 0.5) is 0 Å². The average Bonchev–Trinajstić information content (AvgIpc) is 2.94. The predicted octanol–water partition coefficient (Wildman–Crippen LogP) is 4.42. The summed E-state index contributed by atoms with van der Waals surface area (Å²) in [7, 11) is -1.85. The number of benzene rings is 2. The highest BCUT2D eigenvalue weighted by Crippen LogP contribution is 2.40. The fraction of sp³-hybridized carbons (Fsp3) is 0.519. The molecule has 2 aromatic carbocycles. The average molecular weight is 503 g/mol. The number of nitrogens with one attached hydrogen (secondary N) is 2. The van der Waals surface area contributed by atoms with E-state index in [1.165, 1.54) is 0 Å². The van der Waals surface area contributed by atoms with Gasteiger partial charge >= 0.3 is 6.15 Å². The molecule has 35 heavy (non-hydrogen) atoms. The summed E-state index contributed by atoms with van der Waals surface area (Å²) in [6.07, 6.45) is 3.85. The minimum atomic E-state index is -3.50. The van der Waals surface area contributed by atoms with Crippen molar-refractivity contribution in [1.29, 1.82) is 0 Å². The van der Waals surface area contributed by atoms with Crippen molar-refractivity contribution < 1.29 is 22.7 Å². The highest BCUT2D eigenvalue weighted by Gasteiger charge is 2.42. The van der Waals surface area contributed by atoms with Crippen LogP contribution in [-0.4, -0.2) is 39.0 Å². The maximum atomic E-state index is 13.8. The maximum absolute atomic E-state index is 13.8. The minimum absolute atomic E-state index is 0.107. The third kappa shape index (κ3) is 7.24. The zero-order valence-corrected chi connectivity index (χ0v) is 22.2. The number of sulfone groups is 1. The maximum Gasteiger partial charge on any atom is 0.373 e. The number of hydrogen-bond acceptors (Lipinski definition) is 7.